The van der Waals surface area contributed by atoms with Crippen molar-refractivity contribution in [3.63, 3.8) is 0 Å². The van der Waals surface area contributed by atoms with Crippen molar-refractivity contribution in [3.05, 3.63) is 66.0 Å². The van der Waals surface area contributed by atoms with Gasteiger partial charge < -0.3 is 9.64 Å². The van der Waals surface area contributed by atoms with E-state index in [4.69, 9.17) is 4.74 Å². The number of esters is 1. The standard InChI is InChI=1S/C17H16N2O3S/c20-15-11-23-12-19(15)10-16(21)22-17(13-6-2-1-3-7-13)14-8-4-5-9-18-14/h1-9,17H,10-12H2/t17-/m1/s1. The molecular formula is C17H16N2O3S. The van der Waals surface area contributed by atoms with Crippen molar-refractivity contribution < 1.29 is 14.3 Å². The molecule has 118 valence electrons. The van der Waals surface area contributed by atoms with Gasteiger partial charge in [-0.1, -0.05) is 36.4 Å². The summed E-state index contributed by atoms with van der Waals surface area (Å²) in [6.07, 6.45) is 1.09. The molecule has 1 saturated heterocycles. The number of amides is 1. The highest BCUT2D eigenvalue weighted by Crippen LogP contribution is 2.25. The van der Waals surface area contributed by atoms with E-state index >= 15 is 0 Å². The third kappa shape index (κ3) is 3.90. The SMILES string of the molecule is O=C(CN1CSCC1=O)O[C@H](c1ccccc1)c1ccccn1. The van der Waals surface area contributed by atoms with Crippen LogP contribution in [0.15, 0.2) is 54.7 Å². The Balaban J connectivity index is 1.76. The van der Waals surface area contributed by atoms with E-state index in [2.05, 4.69) is 4.98 Å². The molecule has 0 N–H and O–H groups in total. The van der Waals surface area contributed by atoms with Crippen molar-refractivity contribution >= 4 is 23.6 Å². The van der Waals surface area contributed by atoms with Crippen molar-refractivity contribution in [2.45, 2.75) is 6.10 Å². The Labute approximate surface area is 138 Å². The molecule has 1 aliphatic rings. The fourth-order valence-corrected chi connectivity index (χ4v) is 3.23. The number of thioether (sulfide) groups is 1. The van der Waals surface area contributed by atoms with Crippen molar-refractivity contribution in [1.29, 1.82) is 0 Å². The maximum atomic E-state index is 12.2. The number of rotatable bonds is 5. The van der Waals surface area contributed by atoms with Crippen LogP contribution in [0.25, 0.3) is 0 Å². The second-order valence-corrected chi connectivity index (χ2v) is 6.06. The predicted octanol–water partition coefficient (Wildman–Crippen LogP) is 2.25. The van der Waals surface area contributed by atoms with Gasteiger partial charge in [-0.2, -0.15) is 0 Å². The van der Waals surface area contributed by atoms with Crippen LogP contribution in [0.1, 0.15) is 17.4 Å². The topological polar surface area (TPSA) is 59.5 Å². The van der Waals surface area contributed by atoms with Crippen LogP contribution in [-0.4, -0.2) is 39.9 Å². The van der Waals surface area contributed by atoms with Gasteiger partial charge in [-0.25, -0.2) is 0 Å². The van der Waals surface area contributed by atoms with E-state index in [1.807, 2.05) is 48.5 Å². The van der Waals surface area contributed by atoms with Gasteiger partial charge in [0.25, 0.3) is 0 Å². The summed E-state index contributed by atoms with van der Waals surface area (Å²) in [4.78, 5) is 29.7. The molecule has 0 bridgehead atoms. The summed E-state index contributed by atoms with van der Waals surface area (Å²) in [6.45, 7) is -0.0258. The molecule has 1 atom stereocenters. The first-order chi connectivity index (χ1) is 11.2. The largest absolute Gasteiger partial charge is 0.450 e. The number of ether oxygens (including phenoxy) is 1. The summed E-state index contributed by atoms with van der Waals surface area (Å²) >= 11 is 1.50. The second kappa shape index (κ2) is 7.28. The first-order valence-corrected chi connectivity index (χ1v) is 8.40. The molecule has 0 spiro atoms. The van der Waals surface area contributed by atoms with Crippen molar-refractivity contribution in [1.82, 2.24) is 9.88 Å². The fraction of sp³-hybridized carbons (Fsp3) is 0.235. The number of aromatic nitrogens is 1. The molecule has 23 heavy (non-hydrogen) atoms. The van der Waals surface area contributed by atoms with Gasteiger partial charge in [0.05, 0.1) is 17.3 Å². The molecule has 0 aliphatic carbocycles. The Bertz CT molecular complexity index is 639. The Kier molecular flexibility index (Phi) is 4.92. The molecule has 0 radical (unpaired) electrons. The van der Waals surface area contributed by atoms with Gasteiger partial charge in [-0.05, 0) is 17.7 Å². The first-order valence-electron chi connectivity index (χ1n) is 7.25. The van der Waals surface area contributed by atoms with Gasteiger partial charge in [0.2, 0.25) is 5.91 Å². The molecule has 2 heterocycles. The predicted molar refractivity (Wildman–Crippen MR) is 87.7 cm³/mol. The lowest BCUT2D eigenvalue weighted by Gasteiger charge is -2.20. The molecule has 0 saturated carbocycles. The molecule has 1 aliphatic heterocycles. The van der Waals surface area contributed by atoms with E-state index in [0.717, 1.165) is 5.56 Å². The van der Waals surface area contributed by atoms with Crippen molar-refractivity contribution in [3.8, 4) is 0 Å². The van der Waals surface area contributed by atoms with Crippen LogP contribution in [0.2, 0.25) is 0 Å². The Morgan fingerprint density at radius 1 is 1.22 bits per heavy atom. The Hall–Kier alpha value is -2.34. The number of carbonyl (C=O) groups excluding carboxylic acids is 2. The van der Waals surface area contributed by atoms with Crippen LogP contribution >= 0.6 is 11.8 Å². The second-order valence-electron chi connectivity index (χ2n) is 5.10. The first kappa shape index (κ1) is 15.6. The normalized spacial score (nSPS) is 15.5. The number of hydrogen-bond donors (Lipinski definition) is 0. The smallest absolute Gasteiger partial charge is 0.326 e. The summed E-state index contributed by atoms with van der Waals surface area (Å²) in [6, 6.07) is 15.0. The van der Waals surface area contributed by atoms with Crippen LogP contribution in [0.3, 0.4) is 0 Å². The summed E-state index contributed by atoms with van der Waals surface area (Å²) < 4.78 is 5.63. The van der Waals surface area contributed by atoms with Gasteiger partial charge in [-0.15, -0.1) is 11.8 Å². The van der Waals surface area contributed by atoms with E-state index in [0.29, 0.717) is 17.3 Å². The van der Waals surface area contributed by atoms with Crippen LogP contribution in [0.4, 0.5) is 0 Å². The lowest BCUT2D eigenvalue weighted by molar-refractivity contribution is -0.151. The monoisotopic (exact) mass is 328 g/mol. The maximum Gasteiger partial charge on any atom is 0.326 e. The number of benzene rings is 1. The molecule has 5 nitrogen and oxygen atoms in total. The number of pyridine rings is 1. The molecule has 1 aromatic carbocycles. The molecule has 1 amide bonds. The highest BCUT2D eigenvalue weighted by molar-refractivity contribution is 8.00. The highest BCUT2D eigenvalue weighted by atomic mass is 32.2. The minimum Gasteiger partial charge on any atom is -0.450 e. The van der Waals surface area contributed by atoms with Crippen molar-refractivity contribution in [2.75, 3.05) is 18.2 Å². The molecular weight excluding hydrogens is 312 g/mol. The molecule has 2 aromatic rings. The quantitative estimate of drug-likeness (QED) is 0.788. The van der Waals surface area contributed by atoms with Crippen LogP contribution < -0.4 is 0 Å². The van der Waals surface area contributed by atoms with Crippen LogP contribution in [-0.2, 0) is 14.3 Å². The Morgan fingerprint density at radius 2 is 2.00 bits per heavy atom. The zero-order valence-corrected chi connectivity index (χ0v) is 13.2. The number of nitrogens with zero attached hydrogens (tertiary/aromatic N) is 2. The third-order valence-electron chi connectivity index (χ3n) is 3.45. The average Bonchev–Trinajstić information content (AvgIpc) is 2.99. The maximum absolute atomic E-state index is 12.2. The fourth-order valence-electron chi connectivity index (χ4n) is 2.32. The molecule has 1 aromatic heterocycles. The molecule has 3 rings (SSSR count). The summed E-state index contributed by atoms with van der Waals surface area (Å²) in [5.74, 6) is 0.504. The summed E-state index contributed by atoms with van der Waals surface area (Å²) in [5.41, 5.74) is 1.51. The molecule has 0 unspecified atom stereocenters. The average molecular weight is 328 g/mol. The van der Waals surface area contributed by atoms with Gasteiger partial charge >= 0.3 is 5.97 Å². The van der Waals surface area contributed by atoms with E-state index in [1.165, 1.54) is 16.7 Å². The third-order valence-corrected chi connectivity index (χ3v) is 4.40. The van der Waals surface area contributed by atoms with E-state index < -0.39 is 12.1 Å². The summed E-state index contributed by atoms with van der Waals surface area (Å²) in [7, 11) is 0. The van der Waals surface area contributed by atoms with E-state index in [-0.39, 0.29) is 12.5 Å². The minimum absolute atomic E-state index is 0.0258. The van der Waals surface area contributed by atoms with E-state index in [9.17, 15) is 9.59 Å². The number of hydrogen-bond acceptors (Lipinski definition) is 5. The van der Waals surface area contributed by atoms with Gasteiger partial charge in [0.15, 0.2) is 6.10 Å². The lowest BCUT2D eigenvalue weighted by Crippen LogP contribution is -2.33. The van der Waals surface area contributed by atoms with Crippen LogP contribution in [0.5, 0.6) is 0 Å². The van der Waals surface area contributed by atoms with Gasteiger partial charge in [0.1, 0.15) is 6.54 Å². The zero-order valence-electron chi connectivity index (χ0n) is 12.4. The van der Waals surface area contributed by atoms with Crippen LogP contribution in [0, 0.1) is 0 Å². The van der Waals surface area contributed by atoms with E-state index in [1.54, 1.807) is 6.20 Å². The number of carbonyl (C=O) groups is 2. The van der Waals surface area contributed by atoms with Gasteiger partial charge in [0, 0.05) is 6.20 Å². The highest BCUT2D eigenvalue weighted by Gasteiger charge is 2.26. The molecule has 6 heteroatoms. The minimum atomic E-state index is -0.574. The zero-order chi connectivity index (χ0) is 16.1. The summed E-state index contributed by atoms with van der Waals surface area (Å²) in [5, 5.41) is 0. The van der Waals surface area contributed by atoms with Gasteiger partial charge in [-0.3, -0.25) is 14.6 Å². The Morgan fingerprint density at radius 3 is 2.65 bits per heavy atom. The lowest BCUT2D eigenvalue weighted by atomic mass is 10.1. The van der Waals surface area contributed by atoms with Crippen molar-refractivity contribution in [2.24, 2.45) is 0 Å². The molecule has 1 fully saturated rings.